The van der Waals surface area contributed by atoms with E-state index in [1.54, 1.807) is 0 Å². The number of carbonyl (C=O) groups is 2. The Bertz CT molecular complexity index is 198. The van der Waals surface area contributed by atoms with Crippen LogP contribution in [0.15, 0.2) is 0 Å². The quantitative estimate of drug-likeness (QED) is 0.397. The van der Waals surface area contributed by atoms with Gasteiger partial charge in [0.1, 0.15) is 19.3 Å². The van der Waals surface area contributed by atoms with Crippen molar-refractivity contribution in [2.75, 3.05) is 13.2 Å². The fraction of sp³-hybridized carbons (Fsp3) is 0.800. The molecule has 0 aromatic rings. The maximum atomic E-state index is 11.1. The van der Waals surface area contributed by atoms with Crippen molar-refractivity contribution in [1.29, 1.82) is 0 Å². The third kappa shape index (κ3) is 5.24. The molecule has 1 rings (SSSR count). The molecule has 0 heterocycles. The molecular weight excluding hydrogens is 200 g/mol. The van der Waals surface area contributed by atoms with Gasteiger partial charge in [-0.3, -0.25) is 4.79 Å². The lowest BCUT2D eigenvalue weighted by atomic mass is 9.98. The van der Waals surface area contributed by atoms with Gasteiger partial charge in [-0.05, 0) is 25.7 Å². The van der Waals surface area contributed by atoms with Gasteiger partial charge >= 0.3 is 6.16 Å². The number of carbonyl (C=O) groups excluding carboxylic acids is 2. The molecule has 86 valence electrons. The zero-order valence-electron chi connectivity index (χ0n) is 8.65. The first-order valence-corrected chi connectivity index (χ1v) is 5.21. The molecule has 0 bridgehead atoms. The summed E-state index contributed by atoms with van der Waals surface area (Å²) in [6.45, 7) is 0.434. The van der Waals surface area contributed by atoms with Gasteiger partial charge in [0.15, 0.2) is 0 Å². The summed E-state index contributed by atoms with van der Waals surface area (Å²) in [4.78, 5) is 20.9. The Morgan fingerprint density at radius 1 is 1.20 bits per heavy atom. The van der Waals surface area contributed by atoms with E-state index < -0.39 is 6.16 Å². The van der Waals surface area contributed by atoms with Crippen LogP contribution < -0.4 is 0 Å². The molecule has 0 N–H and O–H groups in total. The Balaban J connectivity index is 2.04. The van der Waals surface area contributed by atoms with Crippen LogP contribution >= 0.6 is 0 Å². The van der Waals surface area contributed by atoms with E-state index in [1.165, 1.54) is 6.42 Å². The molecule has 0 aromatic heterocycles. The van der Waals surface area contributed by atoms with Crippen LogP contribution in [0, 0.1) is 0 Å². The summed E-state index contributed by atoms with van der Waals surface area (Å²) in [6.07, 6.45) is 4.58. The van der Waals surface area contributed by atoms with Crippen molar-refractivity contribution in [1.82, 2.24) is 0 Å². The minimum Gasteiger partial charge on any atom is -0.464 e. The van der Waals surface area contributed by atoms with E-state index in [2.05, 4.69) is 4.74 Å². The van der Waals surface area contributed by atoms with Crippen molar-refractivity contribution in [3.63, 3.8) is 0 Å². The number of hydrogen-bond acceptors (Lipinski definition) is 5. The van der Waals surface area contributed by atoms with E-state index in [0.717, 1.165) is 25.7 Å². The first-order chi connectivity index (χ1) is 7.33. The Kier molecular flexibility index (Phi) is 5.58. The van der Waals surface area contributed by atoms with Crippen LogP contribution in [0.25, 0.3) is 0 Å². The minimum atomic E-state index is -0.670. The fourth-order valence-corrected chi connectivity index (χ4v) is 1.57. The molecule has 1 saturated carbocycles. The van der Waals surface area contributed by atoms with Crippen LogP contribution in [0.2, 0.25) is 0 Å². The first kappa shape index (κ1) is 11.8. The molecule has 0 amide bonds. The fourth-order valence-electron chi connectivity index (χ4n) is 1.57. The second-order valence-electron chi connectivity index (χ2n) is 3.44. The molecule has 0 aromatic carbocycles. The molecule has 0 aliphatic heterocycles. The summed E-state index contributed by atoms with van der Waals surface area (Å²) < 4.78 is 14.1. The zero-order valence-corrected chi connectivity index (χ0v) is 8.65. The average Bonchev–Trinajstić information content (AvgIpc) is 2.26. The maximum Gasteiger partial charge on any atom is 0.508 e. The minimum absolute atomic E-state index is 0.00163. The SMILES string of the molecule is O=COCCOC(=O)OC1CCCCC1. The first-order valence-electron chi connectivity index (χ1n) is 5.21. The van der Waals surface area contributed by atoms with Gasteiger partial charge in [-0.2, -0.15) is 0 Å². The third-order valence-electron chi connectivity index (χ3n) is 2.30. The standard InChI is InChI=1S/C10H16O5/c11-8-13-6-7-14-10(12)15-9-4-2-1-3-5-9/h8-9H,1-7H2. The molecule has 1 fully saturated rings. The number of ether oxygens (including phenoxy) is 3. The third-order valence-corrected chi connectivity index (χ3v) is 2.30. The maximum absolute atomic E-state index is 11.1. The van der Waals surface area contributed by atoms with Crippen molar-refractivity contribution in [3.05, 3.63) is 0 Å². The van der Waals surface area contributed by atoms with Gasteiger partial charge in [0.25, 0.3) is 6.47 Å². The second kappa shape index (κ2) is 7.09. The van der Waals surface area contributed by atoms with Crippen molar-refractivity contribution in [2.45, 2.75) is 38.2 Å². The number of rotatable bonds is 5. The summed E-state index contributed by atoms with van der Waals surface area (Å²) in [5.41, 5.74) is 0. The number of hydrogen-bond donors (Lipinski definition) is 0. The smallest absolute Gasteiger partial charge is 0.464 e. The highest BCUT2D eigenvalue weighted by atomic mass is 16.7. The monoisotopic (exact) mass is 216 g/mol. The van der Waals surface area contributed by atoms with Crippen LogP contribution in [0.1, 0.15) is 32.1 Å². The average molecular weight is 216 g/mol. The largest absolute Gasteiger partial charge is 0.508 e. The Labute approximate surface area is 88.7 Å². The van der Waals surface area contributed by atoms with E-state index >= 15 is 0 Å². The lowest BCUT2D eigenvalue weighted by Crippen LogP contribution is -2.22. The zero-order chi connectivity index (χ0) is 10.9. The highest BCUT2D eigenvalue weighted by molar-refractivity contribution is 5.60. The normalized spacial score (nSPS) is 16.8. The molecule has 1 aliphatic rings. The molecule has 0 spiro atoms. The topological polar surface area (TPSA) is 61.8 Å². The van der Waals surface area contributed by atoms with Crippen LogP contribution in [0.5, 0.6) is 0 Å². The summed E-state index contributed by atoms with van der Waals surface area (Å²) in [7, 11) is 0. The van der Waals surface area contributed by atoms with Gasteiger partial charge in [0.2, 0.25) is 0 Å². The van der Waals surface area contributed by atoms with Crippen LogP contribution in [0.4, 0.5) is 4.79 Å². The summed E-state index contributed by atoms with van der Waals surface area (Å²) in [6, 6.07) is 0. The molecule has 5 nitrogen and oxygen atoms in total. The van der Waals surface area contributed by atoms with Gasteiger partial charge in [-0.15, -0.1) is 0 Å². The van der Waals surface area contributed by atoms with Crippen LogP contribution in [-0.2, 0) is 19.0 Å². The van der Waals surface area contributed by atoms with Crippen LogP contribution in [0.3, 0.4) is 0 Å². The van der Waals surface area contributed by atoms with Gasteiger partial charge in [0.05, 0.1) is 0 Å². The van der Waals surface area contributed by atoms with Crippen LogP contribution in [-0.4, -0.2) is 31.9 Å². The second-order valence-corrected chi connectivity index (χ2v) is 3.44. The highest BCUT2D eigenvalue weighted by Crippen LogP contribution is 2.20. The molecule has 0 saturated heterocycles. The molecule has 0 atom stereocenters. The van der Waals surface area contributed by atoms with E-state index in [-0.39, 0.29) is 19.3 Å². The van der Waals surface area contributed by atoms with Crippen molar-refractivity contribution < 1.29 is 23.8 Å². The Morgan fingerprint density at radius 2 is 1.93 bits per heavy atom. The van der Waals surface area contributed by atoms with E-state index in [0.29, 0.717) is 6.47 Å². The van der Waals surface area contributed by atoms with Crippen molar-refractivity contribution in [3.8, 4) is 0 Å². The highest BCUT2D eigenvalue weighted by Gasteiger charge is 2.18. The summed E-state index contributed by atoms with van der Waals surface area (Å²) in [5, 5.41) is 0. The lowest BCUT2D eigenvalue weighted by molar-refractivity contribution is -0.130. The summed E-state index contributed by atoms with van der Waals surface area (Å²) in [5.74, 6) is 0. The Hall–Kier alpha value is -1.26. The molecule has 15 heavy (non-hydrogen) atoms. The molecule has 5 heteroatoms. The Morgan fingerprint density at radius 3 is 2.60 bits per heavy atom. The van der Waals surface area contributed by atoms with Gasteiger partial charge in [0, 0.05) is 0 Å². The summed E-state index contributed by atoms with van der Waals surface area (Å²) >= 11 is 0. The molecule has 0 radical (unpaired) electrons. The molecule has 1 aliphatic carbocycles. The molecule has 0 unspecified atom stereocenters. The lowest BCUT2D eigenvalue weighted by Gasteiger charge is -2.21. The van der Waals surface area contributed by atoms with Crippen molar-refractivity contribution >= 4 is 12.6 Å². The van der Waals surface area contributed by atoms with E-state index in [4.69, 9.17) is 9.47 Å². The van der Waals surface area contributed by atoms with E-state index in [1.807, 2.05) is 0 Å². The van der Waals surface area contributed by atoms with Crippen molar-refractivity contribution in [2.24, 2.45) is 0 Å². The predicted molar refractivity (Wildman–Crippen MR) is 51.3 cm³/mol. The predicted octanol–water partition coefficient (Wildman–Crippen LogP) is 1.65. The van der Waals surface area contributed by atoms with E-state index in [9.17, 15) is 9.59 Å². The van der Waals surface area contributed by atoms with Gasteiger partial charge in [-0.1, -0.05) is 6.42 Å². The van der Waals surface area contributed by atoms with Gasteiger partial charge in [-0.25, -0.2) is 4.79 Å². The molecular formula is C10H16O5. The van der Waals surface area contributed by atoms with Gasteiger partial charge < -0.3 is 14.2 Å².